The van der Waals surface area contributed by atoms with Crippen LogP contribution < -0.4 is 5.32 Å². The Kier molecular flexibility index (Phi) is 6.04. The van der Waals surface area contributed by atoms with Gasteiger partial charge in [-0.25, -0.2) is 13.2 Å². The van der Waals surface area contributed by atoms with Crippen LogP contribution in [0.2, 0.25) is 0 Å². The van der Waals surface area contributed by atoms with Crippen LogP contribution in [0.15, 0.2) is 30.3 Å². The first-order valence-corrected chi connectivity index (χ1v) is 8.95. The molecule has 5 nitrogen and oxygen atoms in total. The van der Waals surface area contributed by atoms with Gasteiger partial charge in [0.15, 0.2) is 0 Å². The number of carbonyl (C=O) groups excluding carboxylic acids is 1. The number of nitrogens with one attached hydrogen (secondary N) is 1. The minimum absolute atomic E-state index is 0.122. The Morgan fingerprint density at radius 2 is 1.86 bits per heavy atom. The Balaban J connectivity index is 2.60. The summed E-state index contributed by atoms with van der Waals surface area (Å²) in [6.45, 7) is 5.57. The number of benzene rings is 1. The van der Waals surface area contributed by atoms with Gasteiger partial charge in [-0.05, 0) is 11.0 Å². The number of hydrogen-bond donors (Lipinski definition) is 1. The third-order valence-corrected chi connectivity index (χ3v) is 4.03. The summed E-state index contributed by atoms with van der Waals surface area (Å²) in [5.41, 5.74) is 0.387. The van der Waals surface area contributed by atoms with E-state index >= 15 is 0 Å². The second-order valence-corrected chi connectivity index (χ2v) is 8.65. The molecule has 1 N–H and O–H groups in total. The second kappa shape index (κ2) is 7.13. The smallest absolute Gasteiger partial charge is 0.407 e. The Morgan fingerprint density at radius 3 is 2.33 bits per heavy atom. The maximum Gasteiger partial charge on any atom is 0.407 e. The molecule has 7 heteroatoms. The molecule has 0 unspecified atom stereocenters. The van der Waals surface area contributed by atoms with Crippen LogP contribution in [0.25, 0.3) is 0 Å². The number of hydrogen-bond acceptors (Lipinski definition) is 4. The highest BCUT2D eigenvalue weighted by atomic mass is 35.7. The minimum Gasteiger partial charge on any atom is -0.445 e. The fraction of sp³-hybridized carbons (Fsp3) is 0.500. The van der Waals surface area contributed by atoms with E-state index in [1.807, 2.05) is 51.1 Å². The van der Waals surface area contributed by atoms with Crippen LogP contribution in [0.5, 0.6) is 0 Å². The first-order chi connectivity index (χ1) is 9.58. The molecule has 0 fully saturated rings. The fourth-order valence-electron chi connectivity index (χ4n) is 1.61. The van der Waals surface area contributed by atoms with Gasteiger partial charge < -0.3 is 10.1 Å². The van der Waals surface area contributed by atoms with E-state index in [1.54, 1.807) is 0 Å². The van der Waals surface area contributed by atoms with E-state index in [2.05, 4.69) is 5.32 Å². The first-order valence-electron chi connectivity index (χ1n) is 6.47. The highest BCUT2D eigenvalue weighted by molar-refractivity contribution is 8.13. The standard InChI is InChI=1S/C14H20ClNO4S/c1-14(2,3)12(10-21(15,18)19)16-13(17)20-9-11-7-5-4-6-8-11/h4-8,12H,9-10H2,1-3H3,(H,16,17)/t12-/m1/s1. The highest BCUT2D eigenvalue weighted by Gasteiger charge is 2.30. The Labute approximate surface area is 130 Å². The predicted octanol–water partition coefficient (Wildman–Crippen LogP) is 2.90. The van der Waals surface area contributed by atoms with Gasteiger partial charge >= 0.3 is 6.09 Å². The molecule has 21 heavy (non-hydrogen) atoms. The van der Waals surface area contributed by atoms with Crippen molar-refractivity contribution < 1.29 is 17.9 Å². The first kappa shape index (κ1) is 17.8. The number of carbonyl (C=O) groups is 1. The van der Waals surface area contributed by atoms with Crippen molar-refractivity contribution in [3.05, 3.63) is 35.9 Å². The fourth-order valence-corrected chi connectivity index (χ4v) is 2.97. The second-order valence-electron chi connectivity index (χ2n) is 5.83. The number of halogens is 1. The van der Waals surface area contributed by atoms with E-state index in [0.29, 0.717) is 0 Å². The average Bonchev–Trinajstić information content (AvgIpc) is 2.34. The summed E-state index contributed by atoms with van der Waals surface area (Å²) < 4.78 is 27.5. The number of amides is 1. The molecule has 1 aromatic rings. The van der Waals surface area contributed by atoms with Crippen LogP contribution in [-0.2, 0) is 20.4 Å². The third kappa shape index (κ3) is 7.34. The SMILES string of the molecule is CC(C)(C)[C@@H](CS(=O)(=O)Cl)NC(=O)OCc1ccccc1. The van der Waals surface area contributed by atoms with E-state index < -0.39 is 26.6 Å². The maximum absolute atomic E-state index is 11.8. The lowest BCUT2D eigenvalue weighted by Crippen LogP contribution is -2.47. The number of alkyl carbamates (subject to hydrolysis) is 1. The van der Waals surface area contributed by atoms with Gasteiger partial charge in [0.1, 0.15) is 6.61 Å². The molecule has 1 rings (SSSR count). The lowest BCUT2D eigenvalue weighted by atomic mass is 9.88. The van der Waals surface area contributed by atoms with Crippen LogP contribution in [0.1, 0.15) is 26.3 Å². The summed E-state index contributed by atoms with van der Waals surface area (Å²) in [4.78, 5) is 11.8. The quantitative estimate of drug-likeness (QED) is 0.841. The van der Waals surface area contributed by atoms with Crippen LogP contribution >= 0.6 is 10.7 Å². The van der Waals surface area contributed by atoms with Crippen LogP contribution in [0.3, 0.4) is 0 Å². The van der Waals surface area contributed by atoms with Crippen LogP contribution in [0.4, 0.5) is 4.79 Å². The molecule has 0 aromatic heterocycles. The minimum atomic E-state index is -3.72. The van der Waals surface area contributed by atoms with Crippen molar-refractivity contribution >= 4 is 25.8 Å². The van der Waals surface area contributed by atoms with Crippen LogP contribution in [-0.4, -0.2) is 26.3 Å². The van der Waals surface area contributed by atoms with E-state index in [-0.39, 0.29) is 12.4 Å². The van der Waals surface area contributed by atoms with Gasteiger partial charge in [0.25, 0.3) is 0 Å². The lowest BCUT2D eigenvalue weighted by molar-refractivity contribution is 0.128. The van der Waals surface area contributed by atoms with E-state index in [9.17, 15) is 13.2 Å². The summed E-state index contributed by atoms with van der Waals surface area (Å²) in [6.07, 6.45) is -0.668. The molecular weight excluding hydrogens is 314 g/mol. The normalized spacial score (nSPS) is 13.5. The van der Waals surface area contributed by atoms with Crippen molar-refractivity contribution in [2.24, 2.45) is 5.41 Å². The summed E-state index contributed by atoms with van der Waals surface area (Å²) in [7, 11) is 1.55. The summed E-state index contributed by atoms with van der Waals surface area (Å²) in [5, 5.41) is 2.56. The molecule has 1 amide bonds. The Hall–Kier alpha value is -1.27. The zero-order chi connectivity index (χ0) is 16.1. The molecule has 0 aliphatic carbocycles. The number of rotatable bonds is 5. The van der Waals surface area contributed by atoms with Crippen molar-refractivity contribution in [2.45, 2.75) is 33.4 Å². The topological polar surface area (TPSA) is 72.5 Å². The molecule has 118 valence electrons. The molecule has 0 aliphatic heterocycles. The van der Waals surface area contributed by atoms with Gasteiger partial charge in [-0.3, -0.25) is 0 Å². The molecule has 1 aromatic carbocycles. The zero-order valence-corrected chi connectivity index (χ0v) is 13.9. The van der Waals surface area contributed by atoms with Crippen molar-refractivity contribution in [2.75, 3.05) is 5.75 Å². The van der Waals surface area contributed by atoms with Crippen molar-refractivity contribution in [3.8, 4) is 0 Å². The van der Waals surface area contributed by atoms with Gasteiger partial charge in [-0.2, -0.15) is 0 Å². The summed E-state index contributed by atoms with van der Waals surface area (Å²) in [6, 6.07) is 8.58. The number of ether oxygens (including phenoxy) is 1. The zero-order valence-electron chi connectivity index (χ0n) is 12.3. The Morgan fingerprint density at radius 1 is 1.29 bits per heavy atom. The molecule has 0 bridgehead atoms. The molecule has 1 atom stereocenters. The van der Waals surface area contributed by atoms with Gasteiger partial charge in [0.05, 0.1) is 11.8 Å². The Bertz CT molecular complexity index is 566. The van der Waals surface area contributed by atoms with Gasteiger partial charge in [-0.1, -0.05) is 51.1 Å². The molecule has 0 heterocycles. The summed E-state index contributed by atoms with van der Waals surface area (Å²) >= 11 is 0. The van der Waals surface area contributed by atoms with Gasteiger partial charge in [-0.15, -0.1) is 0 Å². The lowest BCUT2D eigenvalue weighted by Gasteiger charge is -2.30. The molecular formula is C14H20ClNO4S. The monoisotopic (exact) mass is 333 g/mol. The molecule has 0 aliphatic rings. The molecule has 0 saturated carbocycles. The van der Waals surface area contributed by atoms with E-state index in [0.717, 1.165) is 5.56 Å². The van der Waals surface area contributed by atoms with Crippen LogP contribution in [0, 0.1) is 5.41 Å². The van der Waals surface area contributed by atoms with Crippen molar-refractivity contribution in [1.29, 1.82) is 0 Å². The highest BCUT2D eigenvalue weighted by Crippen LogP contribution is 2.22. The largest absolute Gasteiger partial charge is 0.445 e. The van der Waals surface area contributed by atoms with Crippen molar-refractivity contribution in [3.63, 3.8) is 0 Å². The summed E-state index contributed by atoms with van der Waals surface area (Å²) in [5.74, 6) is -0.349. The average molecular weight is 334 g/mol. The third-order valence-electron chi connectivity index (χ3n) is 2.92. The predicted molar refractivity (Wildman–Crippen MR) is 82.6 cm³/mol. The van der Waals surface area contributed by atoms with Gasteiger partial charge in [0, 0.05) is 10.7 Å². The van der Waals surface area contributed by atoms with Crippen molar-refractivity contribution in [1.82, 2.24) is 5.32 Å². The van der Waals surface area contributed by atoms with Gasteiger partial charge in [0.2, 0.25) is 9.05 Å². The van der Waals surface area contributed by atoms with E-state index in [4.69, 9.17) is 15.4 Å². The maximum atomic E-state index is 11.8. The molecule has 0 saturated heterocycles. The molecule has 0 spiro atoms. The molecule has 0 radical (unpaired) electrons. The van der Waals surface area contributed by atoms with E-state index in [1.165, 1.54) is 0 Å².